The van der Waals surface area contributed by atoms with Crippen molar-refractivity contribution in [3.8, 4) is 0 Å². The molecule has 0 rings (SSSR count). The van der Waals surface area contributed by atoms with Crippen molar-refractivity contribution in [2.45, 2.75) is 47.2 Å². The van der Waals surface area contributed by atoms with Crippen LogP contribution >= 0.6 is 23.2 Å². The molecule has 0 aliphatic rings. The fourth-order valence-corrected chi connectivity index (χ4v) is 1.55. The number of hydrogen-bond acceptors (Lipinski definition) is 1. The molecule has 0 aromatic carbocycles. The Morgan fingerprint density at radius 3 is 1.00 bits per heavy atom. The lowest BCUT2D eigenvalue weighted by Crippen LogP contribution is -2.75. The lowest BCUT2D eigenvalue weighted by molar-refractivity contribution is -0.479. The summed E-state index contributed by atoms with van der Waals surface area (Å²) in [7, 11) is 0. The van der Waals surface area contributed by atoms with E-state index in [9.17, 15) is 83.4 Å². The molecule has 0 saturated carbocycles. The van der Waals surface area contributed by atoms with Crippen LogP contribution in [0.15, 0.2) is 11.9 Å². The summed E-state index contributed by atoms with van der Waals surface area (Å²) in [6.07, 6.45) is -31.6. The van der Waals surface area contributed by atoms with E-state index in [0.717, 1.165) is 0 Å². The maximum Gasteiger partial charge on any atom is 0.459 e. The van der Waals surface area contributed by atoms with Gasteiger partial charge in [-0.15, -0.1) is 0 Å². The maximum atomic E-state index is 13.7. The van der Waals surface area contributed by atoms with Crippen LogP contribution in [-0.4, -0.2) is 47.2 Å². The Hall–Kier alpha value is -1.05. The molecule has 0 bridgehead atoms. The fraction of sp³-hybridized carbons (Fsp3) is 0.800. The summed E-state index contributed by atoms with van der Waals surface area (Å²) in [5.74, 6) is -18.4. The lowest BCUT2D eigenvalue weighted by Gasteiger charge is -2.44. The minimum Gasteiger partial charge on any atom is -0.304 e. The zero-order valence-corrected chi connectivity index (χ0v) is 14.9. The first kappa shape index (κ1) is 33.1. The van der Waals surface area contributed by atoms with Crippen molar-refractivity contribution in [1.29, 1.82) is 0 Å². The second-order valence-electron chi connectivity index (χ2n) is 4.77. The number of ether oxygens (including phenoxy) is 1. The van der Waals surface area contributed by atoms with E-state index >= 15 is 0 Å². The minimum absolute atomic E-state index is 2.43. The van der Waals surface area contributed by atoms with Crippen molar-refractivity contribution in [2.75, 3.05) is 0 Å². The Kier molecular flexibility index (Phi) is 10.0. The highest BCUT2D eigenvalue weighted by Gasteiger charge is 2.94. The number of halogens is 21. The molecule has 0 radical (unpaired) electrons. The molecular formula is C10HCl2F19O. The van der Waals surface area contributed by atoms with Gasteiger partial charge in [0.25, 0.3) is 5.83 Å². The van der Waals surface area contributed by atoms with Gasteiger partial charge in [0.15, 0.2) is 0 Å². The van der Waals surface area contributed by atoms with E-state index < -0.39 is 59.1 Å². The molecular weight excluding hydrogens is 568 g/mol. The first-order chi connectivity index (χ1) is 13.5. The Bertz CT molecular complexity index is 637. The summed E-state index contributed by atoms with van der Waals surface area (Å²) in [5.41, 5.74) is -7.83. The topological polar surface area (TPSA) is 9.23 Å². The molecule has 0 aromatic heterocycles. The molecule has 0 aromatic rings. The third-order valence-electron chi connectivity index (χ3n) is 2.65. The van der Waals surface area contributed by atoms with E-state index in [2.05, 4.69) is 27.9 Å². The average molecular weight is 569 g/mol. The first-order valence-corrected chi connectivity index (χ1v) is 7.09. The second kappa shape index (κ2) is 9.67. The molecule has 0 spiro atoms. The Morgan fingerprint density at radius 2 is 0.875 bits per heavy atom. The van der Waals surface area contributed by atoms with E-state index in [4.69, 9.17) is 0 Å². The van der Waals surface area contributed by atoms with Crippen LogP contribution < -0.4 is 0 Å². The number of alkyl halides is 18. The van der Waals surface area contributed by atoms with Gasteiger partial charge in [0.2, 0.25) is 5.02 Å². The van der Waals surface area contributed by atoms with Gasteiger partial charge in [0.05, 0.1) is 0 Å². The second-order valence-corrected chi connectivity index (χ2v) is 5.79. The van der Waals surface area contributed by atoms with Crippen LogP contribution in [0.5, 0.6) is 0 Å². The van der Waals surface area contributed by atoms with Gasteiger partial charge in [0.1, 0.15) is 0 Å². The third kappa shape index (κ3) is 6.51. The van der Waals surface area contributed by atoms with Crippen LogP contribution in [0.25, 0.3) is 0 Å². The van der Waals surface area contributed by atoms with Gasteiger partial charge in [-0.05, 0) is 0 Å². The van der Waals surface area contributed by atoms with Gasteiger partial charge in [-0.25, -0.2) is 8.78 Å². The van der Waals surface area contributed by atoms with Gasteiger partial charge in [-0.1, -0.05) is 23.2 Å². The standard InChI is InChI=1S/C7HCl2F13O.C3F6/c8-1(9)23-4(13,3(11,12)7(20,21)22)2(10,5(14,15)16)6(17,18)19;4-1(2(5)6)3(7,8)9/h1H;. The van der Waals surface area contributed by atoms with E-state index in [1.54, 1.807) is 0 Å². The van der Waals surface area contributed by atoms with Crippen molar-refractivity contribution in [2.24, 2.45) is 0 Å². The van der Waals surface area contributed by atoms with Gasteiger partial charge in [-0.2, -0.15) is 74.6 Å². The van der Waals surface area contributed by atoms with Crippen molar-refractivity contribution in [3.63, 3.8) is 0 Å². The SMILES string of the molecule is FC(F)(F)C(F)(F)C(F)(OC(Cl)Cl)C(F)(C(F)(F)F)C(F)(F)F.FC(F)=C(F)C(F)(F)F. The highest BCUT2D eigenvalue weighted by Crippen LogP contribution is 2.62. The summed E-state index contributed by atoms with van der Waals surface area (Å²) in [6.45, 7) is 0. The summed E-state index contributed by atoms with van der Waals surface area (Å²) in [6, 6.07) is 0. The Labute approximate surface area is 171 Å². The third-order valence-corrected chi connectivity index (χ3v) is 2.83. The maximum absolute atomic E-state index is 13.7. The van der Waals surface area contributed by atoms with Gasteiger partial charge < -0.3 is 4.74 Å². The molecule has 0 aliphatic carbocycles. The quantitative estimate of drug-likeness (QED) is 0.246. The van der Waals surface area contributed by atoms with Crippen molar-refractivity contribution < 1.29 is 88.2 Å². The van der Waals surface area contributed by atoms with Crippen molar-refractivity contribution >= 4 is 23.2 Å². The van der Waals surface area contributed by atoms with Crippen LogP contribution in [0.3, 0.4) is 0 Å². The summed E-state index contributed by atoms with van der Waals surface area (Å²) < 4.78 is 230. The predicted octanol–water partition coefficient (Wildman–Crippen LogP) is 8.09. The lowest BCUT2D eigenvalue weighted by atomic mass is 9.88. The molecule has 194 valence electrons. The van der Waals surface area contributed by atoms with Crippen molar-refractivity contribution in [1.82, 2.24) is 0 Å². The predicted molar refractivity (Wildman–Crippen MR) is 63.8 cm³/mol. The molecule has 0 fully saturated rings. The van der Waals surface area contributed by atoms with E-state index in [-0.39, 0.29) is 0 Å². The monoisotopic (exact) mass is 568 g/mol. The number of rotatable bonds is 4. The molecule has 0 heterocycles. The van der Waals surface area contributed by atoms with E-state index in [0.29, 0.717) is 0 Å². The smallest absolute Gasteiger partial charge is 0.304 e. The van der Waals surface area contributed by atoms with E-state index in [1.165, 1.54) is 0 Å². The normalized spacial score (nSPS) is 16.3. The molecule has 0 N–H and O–H groups in total. The zero-order chi connectivity index (χ0) is 26.9. The van der Waals surface area contributed by atoms with Crippen LogP contribution in [0.1, 0.15) is 0 Å². The van der Waals surface area contributed by atoms with Crippen molar-refractivity contribution in [3.05, 3.63) is 11.9 Å². The molecule has 0 saturated heterocycles. The number of allylic oxidation sites excluding steroid dienone is 1. The van der Waals surface area contributed by atoms with Crippen LogP contribution in [-0.2, 0) is 4.74 Å². The molecule has 1 nitrogen and oxygen atoms in total. The molecule has 1 atom stereocenters. The van der Waals surface area contributed by atoms with Gasteiger partial charge in [0, 0.05) is 0 Å². The molecule has 22 heteroatoms. The van der Waals surface area contributed by atoms with Gasteiger partial charge in [-0.3, -0.25) is 0 Å². The molecule has 1 unspecified atom stereocenters. The minimum atomic E-state index is -7.83. The summed E-state index contributed by atoms with van der Waals surface area (Å²) >= 11 is 8.65. The fourth-order valence-electron chi connectivity index (χ4n) is 1.31. The Balaban J connectivity index is 0. The van der Waals surface area contributed by atoms with Gasteiger partial charge >= 0.3 is 48.2 Å². The first-order valence-electron chi connectivity index (χ1n) is 6.22. The molecule has 0 amide bonds. The largest absolute Gasteiger partial charge is 0.459 e. The highest BCUT2D eigenvalue weighted by atomic mass is 35.5. The van der Waals surface area contributed by atoms with E-state index in [1.807, 2.05) is 0 Å². The molecule has 32 heavy (non-hydrogen) atoms. The van der Waals surface area contributed by atoms with Crippen LogP contribution in [0, 0.1) is 0 Å². The van der Waals surface area contributed by atoms with Crippen LogP contribution in [0.4, 0.5) is 83.4 Å². The molecule has 0 aliphatic heterocycles. The summed E-state index contributed by atoms with van der Waals surface area (Å²) in [4.78, 5) is 0. The average Bonchev–Trinajstić information content (AvgIpc) is 2.48. The summed E-state index contributed by atoms with van der Waals surface area (Å²) in [5, 5.41) is -3.45. The zero-order valence-electron chi connectivity index (χ0n) is 13.4. The highest BCUT2D eigenvalue weighted by molar-refractivity contribution is 6.43. The number of hydrogen-bond donors (Lipinski definition) is 0. The van der Waals surface area contributed by atoms with Crippen LogP contribution in [0.2, 0.25) is 0 Å². The Morgan fingerprint density at radius 1 is 0.562 bits per heavy atom.